The molecule has 0 aliphatic rings. The van der Waals surface area contributed by atoms with Crippen LogP contribution in [0.4, 0.5) is 4.39 Å². The van der Waals surface area contributed by atoms with E-state index in [4.69, 9.17) is 28.9 Å². The van der Waals surface area contributed by atoms with Crippen LogP contribution in [-0.2, 0) is 21.2 Å². The number of sulfonamides is 1. The largest absolute Gasteiger partial charge is 0.368 e. The van der Waals surface area contributed by atoms with Crippen molar-refractivity contribution in [2.24, 2.45) is 5.73 Å². The first-order valence-electron chi connectivity index (χ1n) is 9.26. The number of primary amides is 1. The van der Waals surface area contributed by atoms with E-state index in [2.05, 4.69) is 0 Å². The summed E-state index contributed by atoms with van der Waals surface area (Å²) in [4.78, 5) is 12.3. The van der Waals surface area contributed by atoms with E-state index in [-0.39, 0.29) is 28.4 Å². The molecule has 3 rings (SSSR count). The van der Waals surface area contributed by atoms with E-state index in [9.17, 15) is 17.6 Å². The highest BCUT2D eigenvalue weighted by atomic mass is 35.5. The Balaban J connectivity index is 2.06. The fourth-order valence-corrected chi connectivity index (χ4v) is 5.06. The van der Waals surface area contributed by atoms with Crippen LogP contribution in [-0.4, -0.2) is 25.2 Å². The second kappa shape index (κ2) is 9.78. The molecule has 3 aromatic carbocycles. The van der Waals surface area contributed by atoms with Crippen molar-refractivity contribution in [3.63, 3.8) is 0 Å². The number of hydrogen-bond acceptors (Lipinski definition) is 3. The van der Waals surface area contributed by atoms with Gasteiger partial charge >= 0.3 is 0 Å². The lowest BCUT2D eigenvalue weighted by Gasteiger charge is -2.29. The number of rotatable bonds is 8. The molecule has 2 N–H and O–H groups in total. The van der Waals surface area contributed by atoms with Crippen LogP contribution in [0, 0.1) is 5.82 Å². The average molecular weight is 481 g/mol. The standard InChI is InChI=1S/C22H19Cl2FN2O3S/c23-17-8-10-19(11-9-17)31(29,30)27(13-12-15-6-7-18(24)14-20(15)25)21(22(26)28)16-4-2-1-3-5-16/h1-11,14,21H,12-13H2,(H2,26,28). The van der Waals surface area contributed by atoms with Gasteiger partial charge in [0, 0.05) is 16.6 Å². The number of amides is 1. The van der Waals surface area contributed by atoms with Gasteiger partial charge in [-0.15, -0.1) is 0 Å². The lowest BCUT2D eigenvalue weighted by atomic mass is 10.1. The van der Waals surface area contributed by atoms with Crippen molar-refractivity contribution in [2.75, 3.05) is 6.54 Å². The molecule has 0 heterocycles. The molecule has 162 valence electrons. The molecule has 0 aliphatic heterocycles. The molecule has 5 nitrogen and oxygen atoms in total. The molecule has 0 aliphatic carbocycles. The summed E-state index contributed by atoms with van der Waals surface area (Å²) in [6, 6.07) is 16.7. The van der Waals surface area contributed by atoms with Gasteiger partial charge in [0.1, 0.15) is 11.9 Å². The Bertz CT molecular complexity index is 1170. The maximum Gasteiger partial charge on any atom is 0.244 e. The zero-order chi connectivity index (χ0) is 22.6. The quantitative estimate of drug-likeness (QED) is 0.511. The van der Waals surface area contributed by atoms with Crippen LogP contribution in [0.3, 0.4) is 0 Å². The monoisotopic (exact) mass is 480 g/mol. The summed E-state index contributed by atoms with van der Waals surface area (Å²) >= 11 is 11.7. The summed E-state index contributed by atoms with van der Waals surface area (Å²) in [5.41, 5.74) is 6.30. The molecule has 1 unspecified atom stereocenters. The highest BCUT2D eigenvalue weighted by Gasteiger charge is 2.36. The third-order valence-electron chi connectivity index (χ3n) is 4.71. The SMILES string of the molecule is NC(=O)C(c1ccccc1)N(CCc1ccc(Cl)cc1F)S(=O)(=O)c1ccc(Cl)cc1. The Labute approximate surface area is 190 Å². The third-order valence-corrected chi connectivity index (χ3v) is 7.08. The molecule has 0 saturated carbocycles. The van der Waals surface area contributed by atoms with Crippen LogP contribution in [0.25, 0.3) is 0 Å². The van der Waals surface area contributed by atoms with E-state index in [1.54, 1.807) is 30.3 Å². The molecule has 31 heavy (non-hydrogen) atoms. The summed E-state index contributed by atoms with van der Waals surface area (Å²) in [6.07, 6.45) is 0.00638. The van der Waals surface area contributed by atoms with E-state index in [0.717, 1.165) is 10.4 Å². The van der Waals surface area contributed by atoms with Crippen molar-refractivity contribution in [1.82, 2.24) is 4.31 Å². The Kier molecular flexibility index (Phi) is 7.33. The first-order valence-corrected chi connectivity index (χ1v) is 11.5. The van der Waals surface area contributed by atoms with Crippen LogP contribution in [0.5, 0.6) is 0 Å². The first kappa shape index (κ1) is 23.2. The number of hydrogen-bond donors (Lipinski definition) is 1. The van der Waals surface area contributed by atoms with Gasteiger partial charge in [-0.05, 0) is 53.9 Å². The van der Waals surface area contributed by atoms with E-state index in [1.807, 2.05) is 0 Å². The maximum atomic E-state index is 14.3. The van der Waals surface area contributed by atoms with Gasteiger partial charge < -0.3 is 5.73 Å². The highest BCUT2D eigenvalue weighted by molar-refractivity contribution is 7.89. The summed E-state index contributed by atoms with van der Waals surface area (Å²) < 4.78 is 42.2. The van der Waals surface area contributed by atoms with Crippen molar-refractivity contribution in [2.45, 2.75) is 17.4 Å². The van der Waals surface area contributed by atoms with Crippen molar-refractivity contribution < 1.29 is 17.6 Å². The molecule has 9 heteroatoms. The second-order valence-electron chi connectivity index (χ2n) is 6.77. The maximum absolute atomic E-state index is 14.3. The van der Waals surface area contributed by atoms with Crippen LogP contribution in [0.15, 0.2) is 77.7 Å². The summed E-state index contributed by atoms with van der Waals surface area (Å²) in [5.74, 6) is -1.41. The normalized spacial score (nSPS) is 12.6. The minimum atomic E-state index is -4.18. The van der Waals surface area contributed by atoms with Crippen LogP contribution in [0.1, 0.15) is 17.2 Å². The Morgan fingerprint density at radius 3 is 2.16 bits per heavy atom. The minimum absolute atomic E-state index is 0.00638. The first-order chi connectivity index (χ1) is 14.7. The van der Waals surface area contributed by atoms with Gasteiger partial charge in [0.25, 0.3) is 0 Å². The third kappa shape index (κ3) is 5.43. The van der Waals surface area contributed by atoms with Crippen molar-refractivity contribution in [3.8, 4) is 0 Å². The molecule has 1 amide bonds. The van der Waals surface area contributed by atoms with Gasteiger partial charge in [0.15, 0.2) is 0 Å². The second-order valence-corrected chi connectivity index (χ2v) is 9.53. The van der Waals surface area contributed by atoms with Gasteiger partial charge in [0.2, 0.25) is 15.9 Å². The van der Waals surface area contributed by atoms with Gasteiger partial charge in [0.05, 0.1) is 4.90 Å². The van der Waals surface area contributed by atoms with Gasteiger partial charge in [-0.1, -0.05) is 59.6 Å². The van der Waals surface area contributed by atoms with Crippen LogP contribution in [0.2, 0.25) is 10.0 Å². The van der Waals surface area contributed by atoms with Crippen LogP contribution >= 0.6 is 23.2 Å². The lowest BCUT2D eigenvalue weighted by molar-refractivity contribution is -0.121. The molecule has 0 fully saturated rings. The van der Waals surface area contributed by atoms with E-state index in [0.29, 0.717) is 10.6 Å². The van der Waals surface area contributed by atoms with Gasteiger partial charge in [-0.2, -0.15) is 4.31 Å². The number of carbonyl (C=O) groups is 1. The molecular formula is C22H19Cl2FN2O3S. The molecule has 0 bridgehead atoms. The average Bonchev–Trinajstić information content (AvgIpc) is 2.72. The molecule has 0 saturated heterocycles. The number of nitrogens with two attached hydrogens (primary N) is 1. The van der Waals surface area contributed by atoms with Crippen molar-refractivity contribution >= 4 is 39.1 Å². The van der Waals surface area contributed by atoms with Gasteiger partial charge in [-0.3, -0.25) is 4.79 Å². The molecule has 0 spiro atoms. The summed E-state index contributed by atoms with van der Waals surface area (Å²) in [7, 11) is -4.18. The predicted molar refractivity (Wildman–Crippen MR) is 119 cm³/mol. The fraction of sp³-hybridized carbons (Fsp3) is 0.136. The zero-order valence-electron chi connectivity index (χ0n) is 16.2. The number of benzene rings is 3. The molecule has 0 radical (unpaired) electrons. The van der Waals surface area contributed by atoms with E-state index >= 15 is 0 Å². The lowest BCUT2D eigenvalue weighted by Crippen LogP contribution is -2.42. The highest BCUT2D eigenvalue weighted by Crippen LogP contribution is 2.29. The van der Waals surface area contributed by atoms with Crippen molar-refractivity contribution in [3.05, 3.63) is 99.8 Å². The Hall–Kier alpha value is -2.45. The number of halogens is 3. The Morgan fingerprint density at radius 1 is 0.968 bits per heavy atom. The number of carbonyl (C=O) groups excluding carboxylic acids is 1. The molecule has 0 aromatic heterocycles. The zero-order valence-corrected chi connectivity index (χ0v) is 18.5. The molecule has 1 atom stereocenters. The predicted octanol–water partition coefficient (Wildman–Crippen LogP) is 4.59. The van der Waals surface area contributed by atoms with Crippen LogP contribution < -0.4 is 5.73 Å². The molecular weight excluding hydrogens is 462 g/mol. The van der Waals surface area contributed by atoms with E-state index in [1.165, 1.54) is 36.4 Å². The smallest absolute Gasteiger partial charge is 0.244 e. The molecule has 3 aromatic rings. The summed E-state index contributed by atoms with van der Waals surface area (Å²) in [5, 5.41) is 0.592. The van der Waals surface area contributed by atoms with Crippen molar-refractivity contribution in [1.29, 1.82) is 0 Å². The Morgan fingerprint density at radius 2 is 1.58 bits per heavy atom. The van der Waals surface area contributed by atoms with Gasteiger partial charge in [-0.25, -0.2) is 12.8 Å². The minimum Gasteiger partial charge on any atom is -0.368 e. The topological polar surface area (TPSA) is 80.5 Å². The van der Waals surface area contributed by atoms with E-state index < -0.39 is 27.8 Å². The number of nitrogens with zero attached hydrogens (tertiary/aromatic N) is 1. The summed E-state index contributed by atoms with van der Waals surface area (Å²) in [6.45, 7) is -0.188. The fourth-order valence-electron chi connectivity index (χ4n) is 3.19.